The van der Waals surface area contributed by atoms with Gasteiger partial charge in [0.1, 0.15) is 13.2 Å². The molecule has 0 aliphatic rings. The smallest absolute Gasteiger partial charge is 0.306 e. The molecule has 398 valence electrons. The van der Waals surface area contributed by atoms with E-state index in [1.54, 1.807) is 0 Å². The predicted molar refractivity (Wildman–Crippen MR) is 298 cm³/mol. The summed E-state index contributed by atoms with van der Waals surface area (Å²) in [7, 11) is 0. The van der Waals surface area contributed by atoms with Crippen LogP contribution < -0.4 is 0 Å². The molecule has 0 aliphatic carbocycles. The van der Waals surface area contributed by atoms with Gasteiger partial charge in [-0.15, -0.1) is 0 Å². The van der Waals surface area contributed by atoms with E-state index in [0.29, 0.717) is 19.3 Å². The van der Waals surface area contributed by atoms with Crippen LogP contribution in [0.5, 0.6) is 0 Å². The fraction of sp³-hybridized carbons (Fsp3) is 0.762. The molecule has 0 saturated carbocycles. The summed E-state index contributed by atoms with van der Waals surface area (Å²) in [4.78, 5) is 38.0. The minimum atomic E-state index is -0.778. The SMILES string of the molecule is CC/C=C\C/C=C\C/C=C\CCCCCCCCCC(=O)OC(COC(=O)CCCCCCCCC)COC(=O)CCCCCCCCCCCCCC/C=C\C/C=C\C/C=C\CCCCCCC. The third kappa shape index (κ3) is 55.6. The van der Waals surface area contributed by atoms with E-state index in [1.165, 1.54) is 154 Å². The standard InChI is InChI=1S/C63H110O6/c1-4-7-10-13-16-18-20-22-24-26-27-28-29-30-31-32-33-34-35-37-38-40-42-44-47-50-53-56-62(65)68-59-60(58-67-61(64)55-52-49-46-15-12-9-6-3)69-63(66)57-54-51-48-45-43-41-39-36-25-23-21-19-17-14-11-8-5-2/h8,11,17,19-20,22-23,25-27,29-30,60H,4-7,9-10,12-16,18,21,24,28,31-59H2,1-3H3/b11-8-,19-17-,22-20-,25-23-,27-26-,30-29-. The van der Waals surface area contributed by atoms with E-state index < -0.39 is 6.10 Å². The van der Waals surface area contributed by atoms with Crippen LogP contribution in [-0.4, -0.2) is 37.2 Å². The zero-order valence-electron chi connectivity index (χ0n) is 45.6. The topological polar surface area (TPSA) is 78.9 Å². The molecule has 0 spiro atoms. The van der Waals surface area contributed by atoms with Crippen molar-refractivity contribution < 1.29 is 28.6 Å². The van der Waals surface area contributed by atoms with Gasteiger partial charge >= 0.3 is 17.9 Å². The number of esters is 3. The second kappa shape index (κ2) is 57.4. The molecule has 6 heteroatoms. The van der Waals surface area contributed by atoms with Gasteiger partial charge in [0.05, 0.1) is 0 Å². The van der Waals surface area contributed by atoms with Crippen molar-refractivity contribution in [2.75, 3.05) is 13.2 Å². The summed E-state index contributed by atoms with van der Waals surface area (Å²) in [6.07, 6.45) is 73.5. The Morgan fingerprint density at radius 2 is 0.565 bits per heavy atom. The molecule has 0 aromatic heterocycles. The number of unbranched alkanes of at least 4 members (excludes halogenated alkanes) is 30. The lowest BCUT2D eigenvalue weighted by atomic mass is 10.0. The molecule has 0 aromatic carbocycles. The first kappa shape index (κ1) is 65.8. The summed E-state index contributed by atoms with van der Waals surface area (Å²) in [6.45, 7) is 6.48. The average Bonchev–Trinajstić information content (AvgIpc) is 3.35. The van der Waals surface area contributed by atoms with E-state index in [4.69, 9.17) is 14.2 Å². The first-order chi connectivity index (χ1) is 34.0. The molecule has 0 aromatic rings. The normalized spacial score (nSPS) is 12.6. The van der Waals surface area contributed by atoms with Gasteiger partial charge in [-0.25, -0.2) is 0 Å². The number of rotatable bonds is 53. The van der Waals surface area contributed by atoms with Crippen LogP contribution in [0.25, 0.3) is 0 Å². The van der Waals surface area contributed by atoms with Crippen molar-refractivity contribution in [3.8, 4) is 0 Å². The van der Waals surface area contributed by atoms with E-state index in [9.17, 15) is 14.4 Å². The quantitative estimate of drug-likeness (QED) is 0.0262. The van der Waals surface area contributed by atoms with Gasteiger partial charge < -0.3 is 14.2 Å². The summed E-state index contributed by atoms with van der Waals surface area (Å²) < 4.78 is 16.8. The highest BCUT2D eigenvalue weighted by molar-refractivity contribution is 5.71. The van der Waals surface area contributed by atoms with Crippen LogP contribution in [0.15, 0.2) is 72.9 Å². The number of hydrogen-bond donors (Lipinski definition) is 0. The molecule has 0 amide bonds. The van der Waals surface area contributed by atoms with Gasteiger partial charge in [-0.05, 0) is 89.9 Å². The lowest BCUT2D eigenvalue weighted by Crippen LogP contribution is -2.30. The van der Waals surface area contributed by atoms with Crippen LogP contribution >= 0.6 is 0 Å². The van der Waals surface area contributed by atoms with Gasteiger partial charge in [0.2, 0.25) is 0 Å². The Morgan fingerprint density at radius 3 is 0.884 bits per heavy atom. The van der Waals surface area contributed by atoms with Crippen molar-refractivity contribution in [3.63, 3.8) is 0 Å². The van der Waals surface area contributed by atoms with Crippen LogP contribution in [0.3, 0.4) is 0 Å². The van der Waals surface area contributed by atoms with E-state index in [2.05, 4.69) is 93.7 Å². The van der Waals surface area contributed by atoms with Gasteiger partial charge in [-0.3, -0.25) is 14.4 Å². The first-order valence-corrected chi connectivity index (χ1v) is 29.4. The molecule has 1 atom stereocenters. The van der Waals surface area contributed by atoms with Crippen LogP contribution in [0.4, 0.5) is 0 Å². The maximum atomic E-state index is 12.8. The summed E-state index contributed by atoms with van der Waals surface area (Å²) in [5, 5.41) is 0. The van der Waals surface area contributed by atoms with Gasteiger partial charge in [-0.2, -0.15) is 0 Å². The van der Waals surface area contributed by atoms with Crippen molar-refractivity contribution in [3.05, 3.63) is 72.9 Å². The van der Waals surface area contributed by atoms with Crippen molar-refractivity contribution in [1.29, 1.82) is 0 Å². The molecule has 0 N–H and O–H groups in total. The maximum absolute atomic E-state index is 12.8. The lowest BCUT2D eigenvalue weighted by Gasteiger charge is -2.18. The van der Waals surface area contributed by atoms with Crippen LogP contribution in [0.2, 0.25) is 0 Å². The number of hydrogen-bond acceptors (Lipinski definition) is 6. The van der Waals surface area contributed by atoms with Crippen LogP contribution in [-0.2, 0) is 28.6 Å². The molecule has 0 heterocycles. The Hall–Kier alpha value is -3.15. The lowest BCUT2D eigenvalue weighted by molar-refractivity contribution is -0.167. The average molecular weight is 964 g/mol. The van der Waals surface area contributed by atoms with Gasteiger partial charge in [0.25, 0.3) is 0 Å². The Balaban J connectivity index is 4.14. The Kier molecular flexibility index (Phi) is 54.8. The predicted octanol–water partition coefficient (Wildman–Crippen LogP) is 19.8. The second-order valence-corrected chi connectivity index (χ2v) is 19.5. The monoisotopic (exact) mass is 963 g/mol. The molecular weight excluding hydrogens is 853 g/mol. The Bertz CT molecular complexity index is 1290. The maximum Gasteiger partial charge on any atom is 0.306 e. The second-order valence-electron chi connectivity index (χ2n) is 19.5. The zero-order valence-corrected chi connectivity index (χ0v) is 45.6. The van der Waals surface area contributed by atoms with E-state index in [0.717, 1.165) is 96.3 Å². The first-order valence-electron chi connectivity index (χ1n) is 29.4. The Labute approximate surface area is 427 Å². The highest BCUT2D eigenvalue weighted by atomic mass is 16.6. The van der Waals surface area contributed by atoms with Crippen molar-refractivity contribution in [1.82, 2.24) is 0 Å². The summed E-state index contributed by atoms with van der Waals surface area (Å²) in [5.41, 5.74) is 0. The summed E-state index contributed by atoms with van der Waals surface area (Å²) >= 11 is 0. The number of carbonyl (C=O) groups is 3. The minimum absolute atomic E-state index is 0.0786. The van der Waals surface area contributed by atoms with E-state index in [1.807, 2.05) is 0 Å². The minimum Gasteiger partial charge on any atom is -0.462 e. The van der Waals surface area contributed by atoms with Crippen molar-refractivity contribution in [2.24, 2.45) is 0 Å². The van der Waals surface area contributed by atoms with E-state index >= 15 is 0 Å². The van der Waals surface area contributed by atoms with Crippen molar-refractivity contribution in [2.45, 2.75) is 297 Å². The third-order valence-corrected chi connectivity index (χ3v) is 12.7. The summed E-state index contributed by atoms with van der Waals surface area (Å²) in [6, 6.07) is 0. The molecular formula is C63H110O6. The molecule has 0 aliphatic heterocycles. The fourth-order valence-electron chi connectivity index (χ4n) is 8.29. The molecule has 6 nitrogen and oxygen atoms in total. The summed E-state index contributed by atoms with van der Waals surface area (Å²) in [5.74, 6) is -0.890. The van der Waals surface area contributed by atoms with Gasteiger partial charge in [-0.1, -0.05) is 254 Å². The molecule has 1 unspecified atom stereocenters. The number of ether oxygens (including phenoxy) is 3. The number of allylic oxidation sites excluding steroid dienone is 12. The Morgan fingerprint density at radius 1 is 0.304 bits per heavy atom. The molecule has 0 bridgehead atoms. The molecule has 69 heavy (non-hydrogen) atoms. The van der Waals surface area contributed by atoms with Crippen molar-refractivity contribution >= 4 is 17.9 Å². The van der Waals surface area contributed by atoms with Crippen LogP contribution in [0, 0.1) is 0 Å². The van der Waals surface area contributed by atoms with E-state index in [-0.39, 0.29) is 31.1 Å². The largest absolute Gasteiger partial charge is 0.462 e. The molecule has 0 fully saturated rings. The highest BCUT2D eigenvalue weighted by Crippen LogP contribution is 2.16. The van der Waals surface area contributed by atoms with Gasteiger partial charge in [0.15, 0.2) is 6.10 Å². The van der Waals surface area contributed by atoms with Crippen LogP contribution in [0.1, 0.15) is 290 Å². The third-order valence-electron chi connectivity index (χ3n) is 12.7. The zero-order chi connectivity index (χ0) is 50.0. The fourth-order valence-corrected chi connectivity index (χ4v) is 8.29. The molecule has 0 saturated heterocycles. The molecule has 0 rings (SSSR count). The number of carbonyl (C=O) groups excluding carboxylic acids is 3. The molecule has 0 radical (unpaired) electrons. The highest BCUT2D eigenvalue weighted by Gasteiger charge is 2.19. The van der Waals surface area contributed by atoms with Gasteiger partial charge in [0, 0.05) is 19.3 Å².